The summed E-state index contributed by atoms with van der Waals surface area (Å²) in [6.07, 6.45) is 0.246. The van der Waals surface area contributed by atoms with Crippen molar-refractivity contribution in [3.63, 3.8) is 0 Å². The molecule has 0 saturated carbocycles. The normalized spacial score (nSPS) is 17.0. The average molecular weight is 377 g/mol. The maximum Gasteiger partial charge on any atom is 0.279 e. The van der Waals surface area contributed by atoms with Crippen LogP contribution in [0.1, 0.15) is 23.7 Å². The number of H-pyrrole nitrogens is 1. The van der Waals surface area contributed by atoms with E-state index in [1.165, 1.54) is 12.1 Å². The largest absolute Gasteiger partial charge is 0.332 e. The van der Waals surface area contributed by atoms with E-state index in [9.17, 15) is 9.18 Å². The Morgan fingerprint density at radius 1 is 1.25 bits per heavy atom. The van der Waals surface area contributed by atoms with E-state index in [2.05, 4.69) is 20.3 Å². The fourth-order valence-electron chi connectivity index (χ4n) is 3.61. The summed E-state index contributed by atoms with van der Waals surface area (Å²) in [5.41, 5.74) is 2.87. The van der Waals surface area contributed by atoms with Crippen LogP contribution in [-0.2, 0) is 4.79 Å². The third-order valence-corrected chi connectivity index (χ3v) is 5.07. The molecule has 28 heavy (non-hydrogen) atoms. The van der Waals surface area contributed by atoms with Crippen LogP contribution in [-0.4, -0.2) is 32.8 Å². The lowest BCUT2D eigenvalue weighted by molar-refractivity contribution is -0.117. The van der Waals surface area contributed by atoms with Crippen LogP contribution >= 0.6 is 0 Å². The first-order chi connectivity index (χ1) is 13.6. The highest BCUT2D eigenvalue weighted by Gasteiger charge is 2.35. The lowest BCUT2D eigenvalue weighted by Crippen LogP contribution is -2.25. The SMILES string of the molecule is Cc1ccc(F)cc1N1CC(c2noc(-c3n[nH]c4ccccc34)n2)CC1=O. The molecule has 3 heterocycles. The molecule has 1 fully saturated rings. The Morgan fingerprint density at radius 2 is 2.11 bits per heavy atom. The zero-order valence-corrected chi connectivity index (χ0v) is 15.0. The van der Waals surface area contributed by atoms with Crippen LogP contribution in [0.15, 0.2) is 47.0 Å². The van der Waals surface area contributed by atoms with Gasteiger partial charge in [-0.1, -0.05) is 29.4 Å². The van der Waals surface area contributed by atoms with E-state index in [1.807, 2.05) is 31.2 Å². The quantitative estimate of drug-likeness (QED) is 0.590. The number of aromatic amines is 1. The van der Waals surface area contributed by atoms with Crippen molar-refractivity contribution in [3.05, 3.63) is 59.7 Å². The maximum absolute atomic E-state index is 13.6. The van der Waals surface area contributed by atoms with E-state index in [0.29, 0.717) is 29.6 Å². The van der Waals surface area contributed by atoms with Crippen molar-refractivity contribution in [2.75, 3.05) is 11.4 Å². The van der Waals surface area contributed by atoms with E-state index >= 15 is 0 Å². The molecule has 1 aliphatic heterocycles. The number of aromatic nitrogens is 4. The number of amides is 1. The summed E-state index contributed by atoms with van der Waals surface area (Å²) in [4.78, 5) is 18.6. The number of fused-ring (bicyclic) bond motifs is 1. The van der Waals surface area contributed by atoms with Gasteiger partial charge in [0, 0.05) is 30.0 Å². The van der Waals surface area contributed by atoms with Crippen LogP contribution < -0.4 is 4.90 Å². The molecule has 1 atom stereocenters. The molecule has 1 N–H and O–H groups in total. The molecule has 5 rings (SSSR count). The molecule has 1 amide bonds. The molecular weight excluding hydrogens is 361 g/mol. The number of hydrogen-bond acceptors (Lipinski definition) is 5. The molecule has 7 nitrogen and oxygen atoms in total. The van der Waals surface area contributed by atoms with Gasteiger partial charge >= 0.3 is 0 Å². The molecule has 1 saturated heterocycles. The van der Waals surface area contributed by atoms with Crippen LogP contribution in [0.5, 0.6) is 0 Å². The van der Waals surface area contributed by atoms with Crippen molar-refractivity contribution >= 4 is 22.5 Å². The minimum Gasteiger partial charge on any atom is -0.332 e. The summed E-state index contributed by atoms with van der Waals surface area (Å²) in [5.74, 6) is 0.0736. The van der Waals surface area contributed by atoms with Crippen molar-refractivity contribution in [1.29, 1.82) is 0 Å². The average Bonchev–Trinajstić information content (AvgIpc) is 3.41. The van der Waals surface area contributed by atoms with E-state index in [4.69, 9.17) is 4.52 Å². The summed E-state index contributed by atoms with van der Waals surface area (Å²) < 4.78 is 19.1. The van der Waals surface area contributed by atoms with Crippen molar-refractivity contribution in [2.24, 2.45) is 0 Å². The highest BCUT2D eigenvalue weighted by molar-refractivity contribution is 5.97. The van der Waals surface area contributed by atoms with Crippen LogP contribution in [0.25, 0.3) is 22.5 Å². The van der Waals surface area contributed by atoms with Gasteiger partial charge in [0.15, 0.2) is 11.5 Å². The number of rotatable bonds is 3. The highest BCUT2D eigenvalue weighted by atomic mass is 19.1. The number of nitrogens with zero attached hydrogens (tertiary/aromatic N) is 4. The summed E-state index contributed by atoms with van der Waals surface area (Å²) >= 11 is 0. The molecule has 4 aromatic rings. The van der Waals surface area contributed by atoms with Gasteiger partial charge in [0.1, 0.15) is 5.82 Å². The van der Waals surface area contributed by atoms with Crippen LogP contribution in [0.3, 0.4) is 0 Å². The Kier molecular flexibility index (Phi) is 3.71. The number of hydrogen-bond donors (Lipinski definition) is 1. The molecule has 1 unspecified atom stereocenters. The van der Waals surface area contributed by atoms with E-state index in [0.717, 1.165) is 16.5 Å². The Bertz CT molecular complexity index is 1200. The van der Waals surface area contributed by atoms with Crippen LogP contribution in [0, 0.1) is 12.7 Å². The number of para-hydroxylation sites is 1. The van der Waals surface area contributed by atoms with E-state index in [1.54, 1.807) is 11.0 Å². The number of benzene rings is 2. The number of halogens is 1. The molecule has 0 aliphatic carbocycles. The Morgan fingerprint density at radius 3 is 3.00 bits per heavy atom. The minimum absolute atomic E-state index is 0.0877. The fourth-order valence-corrected chi connectivity index (χ4v) is 3.61. The second-order valence-electron chi connectivity index (χ2n) is 6.91. The highest BCUT2D eigenvalue weighted by Crippen LogP contribution is 2.34. The summed E-state index contributed by atoms with van der Waals surface area (Å²) in [7, 11) is 0. The van der Waals surface area contributed by atoms with Gasteiger partial charge in [0.2, 0.25) is 5.91 Å². The summed E-state index contributed by atoms with van der Waals surface area (Å²) in [6, 6.07) is 12.1. The zero-order valence-electron chi connectivity index (χ0n) is 15.0. The number of aryl methyl sites for hydroxylation is 1. The van der Waals surface area contributed by atoms with E-state index in [-0.39, 0.29) is 24.1 Å². The van der Waals surface area contributed by atoms with Crippen molar-refractivity contribution in [1.82, 2.24) is 20.3 Å². The second-order valence-corrected chi connectivity index (χ2v) is 6.91. The Hall–Kier alpha value is -3.55. The Balaban J connectivity index is 1.44. The van der Waals surface area contributed by atoms with Gasteiger partial charge in [-0.3, -0.25) is 9.89 Å². The monoisotopic (exact) mass is 377 g/mol. The molecule has 2 aromatic carbocycles. The van der Waals surface area contributed by atoms with Gasteiger partial charge in [0.25, 0.3) is 5.89 Å². The van der Waals surface area contributed by atoms with Crippen LogP contribution in [0.4, 0.5) is 10.1 Å². The molecule has 0 bridgehead atoms. The molecule has 140 valence electrons. The van der Waals surface area contributed by atoms with Gasteiger partial charge in [-0.25, -0.2) is 4.39 Å². The molecule has 8 heteroatoms. The number of anilines is 1. The van der Waals surface area contributed by atoms with Gasteiger partial charge < -0.3 is 9.42 Å². The standard InChI is InChI=1S/C20H16FN5O2/c1-11-6-7-13(21)9-16(11)26-10-12(8-17(26)27)19-22-20(28-25-19)18-14-4-2-3-5-15(14)23-24-18/h2-7,9,12H,8,10H2,1H3,(H,23,24). The summed E-state index contributed by atoms with van der Waals surface area (Å²) in [6.45, 7) is 2.23. The topological polar surface area (TPSA) is 87.9 Å². The first-order valence-corrected chi connectivity index (χ1v) is 8.94. The maximum atomic E-state index is 13.6. The Labute approximate surface area is 159 Å². The van der Waals surface area contributed by atoms with E-state index < -0.39 is 0 Å². The first-order valence-electron chi connectivity index (χ1n) is 8.94. The van der Waals surface area contributed by atoms with Crippen molar-refractivity contribution < 1.29 is 13.7 Å². The molecule has 1 aliphatic rings. The van der Waals surface area contributed by atoms with Crippen LogP contribution in [0.2, 0.25) is 0 Å². The van der Waals surface area contributed by atoms with Crippen molar-refractivity contribution in [2.45, 2.75) is 19.3 Å². The lowest BCUT2D eigenvalue weighted by atomic mass is 10.1. The number of carbonyl (C=O) groups excluding carboxylic acids is 1. The molecular formula is C20H16FN5O2. The lowest BCUT2D eigenvalue weighted by Gasteiger charge is -2.18. The third-order valence-electron chi connectivity index (χ3n) is 5.07. The van der Waals surface area contributed by atoms with Gasteiger partial charge in [0.05, 0.1) is 5.52 Å². The first kappa shape index (κ1) is 16.6. The second kappa shape index (κ2) is 6.26. The van der Waals surface area contributed by atoms with Gasteiger partial charge in [-0.15, -0.1) is 0 Å². The van der Waals surface area contributed by atoms with Crippen molar-refractivity contribution in [3.8, 4) is 11.6 Å². The van der Waals surface area contributed by atoms with Gasteiger partial charge in [-0.2, -0.15) is 10.1 Å². The molecule has 0 spiro atoms. The third kappa shape index (κ3) is 2.65. The smallest absolute Gasteiger partial charge is 0.279 e. The molecule has 0 radical (unpaired) electrons. The van der Waals surface area contributed by atoms with Gasteiger partial charge in [-0.05, 0) is 30.7 Å². The predicted molar refractivity (Wildman–Crippen MR) is 100 cm³/mol. The fraction of sp³-hybridized carbons (Fsp3) is 0.200. The zero-order chi connectivity index (χ0) is 19.3. The predicted octanol–water partition coefficient (Wildman–Crippen LogP) is 3.58. The summed E-state index contributed by atoms with van der Waals surface area (Å²) in [5, 5.41) is 12.2. The minimum atomic E-state index is -0.371. The molecule has 2 aromatic heterocycles. The number of carbonyl (C=O) groups is 1. The number of nitrogens with one attached hydrogen (secondary N) is 1.